The van der Waals surface area contributed by atoms with Gasteiger partial charge in [0, 0.05) is 12.2 Å². The van der Waals surface area contributed by atoms with Crippen LogP contribution < -0.4 is 0 Å². The standard InChI is InChI=1S/C13H16O2S/c1-9-3-4-10(2)11(7-9)8-16-12-5-6-15-13(12)14/h3-4,7,12H,5-6,8H2,1-2H3/t12-/m0/s1. The number of carbonyl (C=O) groups is 1. The van der Waals surface area contributed by atoms with Crippen LogP contribution in [0.15, 0.2) is 18.2 Å². The van der Waals surface area contributed by atoms with Gasteiger partial charge >= 0.3 is 5.97 Å². The van der Waals surface area contributed by atoms with Crippen molar-refractivity contribution in [2.75, 3.05) is 6.61 Å². The number of rotatable bonds is 3. The molecular formula is C13H16O2S. The van der Waals surface area contributed by atoms with Gasteiger partial charge in [-0.15, -0.1) is 11.8 Å². The van der Waals surface area contributed by atoms with Gasteiger partial charge < -0.3 is 4.74 Å². The summed E-state index contributed by atoms with van der Waals surface area (Å²) >= 11 is 1.69. The summed E-state index contributed by atoms with van der Waals surface area (Å²) in [5.74, 6) is 0.850. The van der Waals surface area contributed by atoms with Gasteiger partial charge in [0.25, 0.3) is 0 Å². The molecule has 2 nitrogen and oxygen atoms in total. The second kappa shape index (κ2) is 4.91. The van der Waals surface area contributed by atoms with E-state index in [0.717, 1.165) is 12.2 Å². The molecule has 1 aromatic rings. The van der Waals surface area contributed by atoms with Crippen molar-refractivity contribution in [3.8, 4) is 0 Å². The van der Waals surface area contributed by atoms with Crippen LogP contribution in [0.3, 0.4) is 0 Å². The van der Waals surface area contributed by atoms with Crippen LogP contribution in [-0.2, 0) is 15.3 Å². The molecule has 1 heterocycles. The Hall–Kier alpha value is -0.960. The van der Waals surface area contributed by atoms with Crippen LogP contribution in [0.2, 0.25) is 0 Å². The molecule has 86 valence electrons. The maximum atomic E-state index is 11.3. The normalized spacial score (nSPS) is 19.9. The lowest BCUT2D eigenvalue weighted by molar-refractivity contribution is -0.137. The van der Waals surface area contributed by atoms with Crippen LogP contribution in [0, 0.1) is 13.8 Å². The molecular weight excluding hydrogens is 220 g/mol. The van der Waals surface area contributed by atoms with E-state index in [2.05, 4.69) is 32.0 Å². The predicted molar refractivity (Wildman–Crippen MR) is 66.6 cm³/mol. The van der Waals surface area contributed by atoms with E-state index in [1.165, 1.54) is 16.7 Å². The fourth-order valence-corrected chi connectivity index (χ4v) is 2.93. The molecule has 3 heteroatoms. The molecule has 1 atom stereocenters. The van der Waals surface area contributed by atoms with Gasteiger partial charge in [-0.05, 0) is 25.0 Å². The van der Waals surface area contributed by atoms with Crippen molar-refractivity contribution < 1.29 is 9.53 Å². The molecule has 1 fully saturated rings. The van der Waals surface area contributed by atoms with Gasteiger partial charge in [0.1, 0.15) is 5.25 Å². The van der Waals surface area contributed by atoms with Crippen LogP contribution in [-0.4, -0.2) is 17.8 Å². The number of hydrogen-bond donors (Lipinski definition) is 0. The summed E-state index contributed by atoms with van der Waals surface area (Å²) in [5.41, 5.74) is 3.89. The van der Waals surface area contributed by atoms with E-state index < -0.39 is 0 Å². The van der Waals surface area contributed by atoms with Crippen molar-refractivity contribution >= 4 is 17.7 Å². The summed E-state index contributed by atoms with van der Waals surface area (Å²) in [6, 6.07) is 6.45. The number of carbonyl (C=O) groups excluding carboxylic acids is 1. The van der Waals surface area contributed by atoms with Crippen LogP contribution in [0.1, 0.15) is 23.1 Å². The average molecular weight is 236 g/mol. The van der Waals surface area contributed by atoms with E-state index in [4.69, 9.17) is 4.74 Å². The predicted octanol–water partition coefficient (Wildman–Crippen LogP) is 2.85. The molecule has 0 unspecified atom stereocenters. The Morgan fingerprint density at radius 2 is 2.25 bits per heavy atom. The van der Waals surface area contributed by atoms with E-state index in [9.17, 15) is 4.79 Å². The van der Waals surface area contributed by atoms with Gasteiger partial charge in [-0.3, -0.25) is 4.79 Å². The molecule has 0 aliphatic carbocycles. The molecule has 1 saturated heterocycles. The van der Waals surface area contributed by atoms with Crippen molar-refractivity contribution in [1.29, 1.82) is 0 Å². The maximum absolute atomic E-state index is 11.3. The molecule has 2 rings (SSSR count). The number of benzene rings is 1. The number of thioether (sulfide) groups is 1. The number of aryl methyl sites for hydroxylation is 2. The Labute approximate surface area is 100 Å². The van der Waals surface area contributed by atoms with Gasteiger partial charge in [0.2, 0.25) is 0 Å². The van der Waals surface area contributed by atoms with E-state index in [1.807, 2.05) is 0 Å². The Morgan fingerprint density at radius 1 is 1.44 bits per heavy atom. The van der Waals surface area contributed by atoms with E-state index in [-0.39, 0.29) is 11.2 Å². The zero-order valence-corrected chi connectivity index (χ0v) is 10.5. The largest absolute Gasteiger partial charge is 0.465 e. The minimum Gasteiger partial charge on any atom is -0.465 e. The molecule has 1 aliphatic rings. The van der Waals surface area contributed by atoms with Gasteiger partial charge in [-0.25, -0.2) is 0 Å². The quantitative estimate of drug-likeness (QED) is 0.755. The molecule has 16 heavy (non-hydrogen) atoms. The highest BCUT2D eigenvalue weighted by Gasteiger charge is 2.26. The fourth-order valence-electron chi connectivity index (χ4n) is 1.77. The van der Waals surface area contributed by atoms with Gasteiger partial charge in [0.15, 0.2) is 0 Å². The van der Waals surface area contributed by atoms with Crippen molar-refractivity contribution in [2.24, 2.45) is 0 Å². The summed E-state index contributed by atoms with van der Waals surface area (Å²) in [6.45, 7) is 4.79. The molecule has 0 radical (unpaired) electrons. The van der Waals surface area contributed by atoms with Crippen LogP contribution >= 0.6 is 11.8 Å². The van der Waals surface area contributed by atoms with Crippen LogP contribution in [0.5, 0.6) is 0 Å². The van der Waals surface area contributed by atoms with E-state index in [1.54, 1.807) is 11.8 Å². The molecule has 0 amide bonds. The molecule has 0 saturated carbocycles. The minimum absolute atomic E-state index is 0.0416. The molecule has 0 N–H and O–H groups in total. The Bertz CT molecular complexity index is 401. The number of esters is 1. The van der Waals surface area contributed by atoms with Crippen LogP contribution in [0.4, 0.5) is 0 Å². The number of hydrogen-bond acceptors (Lipinski definition) is 3. The first kappa shape index (κ1) is 11.5. The smallest absolute Gasteiger partial charge is 0.319 e. The zero-order valence-electron chi connectivity index (χ0n) is 9.66. The second-order valence-electron chi connectivity index (χ2n) is 4.19. The summed E-state index contributed by atoms with van der Waals surface area (Å²) in [6.07, 6.45) is 0.856. The van der Waals surface area contributed by atoms with Gasteiger partial charge in [-0.2, -0.15) is 0 Å². The van der Waals surface area contributed by atoms with Crippen molar-refractivity contribution in [3.63, 3.8) is 0 Å². The first-order valence-corrected chi connectivity index (χ1v) is 6.56. The second-order valence-corrected chi connectivity index (χ2v) is 5.38. The number of cyclic esters (lactones) is 1. The lowest BCUT2D eigenvalue weighted by Crippen LogP contribution is -2.09. The first-order valence-electron chi connectivity index (χ1n) is 5.51. The highest BCUT2D eigenvalue weighted by Crippen LogP contribution is 2.26. The Morgan fingerprint density at radius 3 is 2.94 bits per heavy atom. The third-order valence-electron chi connectivity index (χ3n) is 2.83. The highest BCUT2D eigenvalue weighted by atomic mass is 32.2. The molecule has 0 aromatic heterocycles. The molecule has 1 aliphatic heterocycles. The monoisotopic (exact) mass is 236 g/mol. The minimum atomic E-state index is -0.0460. The zero-order chi connectivity index (χ0) is 11.5. The molecule has 1 aromatic carbocycles. The SMILES string of the molecule is Cc1ccc(C)c(CS[C@H]2CCOC2=O)c1. The number of ether oxygens (including phenoxy) is 1. The van der Waals surface area contributed by atoms with E-state index in [0.29, 0.717) is 6.61 Å². The highest BCUT2D eigenvalue weighted by molar-refractivity contribution is 7.99. The lowest BCUT2D eigenvalue weighted by atomic mass is 10.1. The summed E-state index contributed by atoms with van der Waals surface area (Å²) in [4.78, 5) is 11.3. The Kier molecular flexibility index (Phi) is 3.54. The lowest BCUT2D eigenvalue weighted by Gasteiger charge is -2.09. The average Bonchev–Trinajstić information content (AvgIpc) is 2.66. The van der Waals surface area contributed by atoms with Gasteiger partial charge in [0.05, 0.1) is 6.61 Å². The third kappa shape index (κ3) is 2.59. The van der Waals surface area contributed by atoms with Crippen molar-refractivity contribution in [3.05, 3.63) is 34.9 Å². The molecule has 0 bridgehead atoms. The Balaban J connectivity index is 1.98. The summed E-state index contributed by atoms with van der Waals surface area (Å²) < 4.78 is 4.95. The van der Waals surface area contributed by atoms with Crippen molar-refractivity contribution in [1.82, 2.24) is 0 Å². The first-order chi connectivity index (χ1) is 7.66. The van der Waals surface area contributed by atoms with E-state index >= 15 is 0 Å². The third-order valence-corrected chi connectivity index (χ3v) is 4.14. The summed E-state index contributed by atoms with van der Waals surface area (Å²) in [5, 5.41) is 0.0416. The van der Waals surface area contributed by atoms with Crippen LogP contribution in [0.25, 0.3) is 0 Å². The van der Waals surface area contributed by atoms with Gasteiger partial charge in [-0.1, -0.05) is 23.8 Å². The molecule has 0 spiro atoms. The topological polar surface area (TPSA) is 26.3 Å². The van der Waals surface area contributed by atoms with Crippen molar-refractivity contribution in [2.45, 2.75) is 31.3 Å². The maximum Gasteiger partial charge on any atom is 0.319 e. The fraction of sp³-hybridized carbons (Fsp3) is 0.462. The summed E-state index contributed by atoms with van der Waals surface area (Å²) in [7, 11) is 0.